The Kier molecular flexibility index (Phi) is 57.0. The van der Waals surface area contributed by atoms with Crippen molar-refractivity contribution in [2.24, 2.45) is 0 Å². The van der Waals surface area contributed by atoms with Gasteiger partial charge >= 0.3 is 172 Å². The number of hydrogen-bond donors (Lipinski definition) is 3. The molecule has 0 bridgehead atoms. The van der Waals surface area contributed by atoms with Gasteiger partial charge in [0, 0.05) is 24.4 Å². The van der Waals surface area contributed by atoms with E-state index in [0.717, 1.165) is 0 Å². The molecule has 107 valence electrons. The Morgan fingerprint density at radius 3 is 0.545 bits per heavy atom. The molecule has 0 amide bonds. The van der Waals surface area contributed by atoms with E-state index < -0.39 is 35.8 Å². The molecule has 0 aromatic heterocycles. The van der Waals surface area contributed by atoms with Crippen molar-refractivity contribution in [3.8, 4) is 0 Å². The molecule has 0 saturated heterocycles. The molecule has 0 heterocycles. The summed E-state index contributed by atoms with van der Waals surface area (Å²) < 4.78 is 0. The van der Waals surface area contributed by atoms with Crippen LogP contribution in [0.3, 0.4) is 0 Å². The average Bonchev–Trinajstić information content (AvgIpc) is 2.18. The van der Waals surface area contributed by atoms with Crippen molar-refractivity contribution in [2.45, 2.75) is 0 Å². The third kappa shape index (κ3) is 49.5. The smallest absolute Gasteiger partial charge is 0.539 e. The van der Waals surface area contributed by atoms with E-state index in [1.54, 1.807) is 0 Å². The van der Waals surface area contributed by atoms with E-state index in [2.05, 4.69) is 0 Å². The van der Waals surface area contributed by atoms with Crippen LogP contribution >= 0.6 is 0 Å². The van der Waals surface area contributed by atoms with Gasteiger partial charge in [0.25, 0.3) is 0 Å². The molecule has 0 aliphatic heterocycles. The predicted molar refractivity (Wildman–Crippen MR) is 43.7 cm³/mol. The van der Waals surface area contributed by atoms with Crippen LogP contribution in [0.4, 0.5) is 0 Å². The number of rotatable bonds is 0. The van der Waals surface area contributed by atoms with Gasteiger partial charge in [-0.15, -0.1) is 0 Å². The number of carboxylic acid groups (broad SMARTS) is 6. The monoisotopic (exact) mass is 505 g/mol. The Labute approximate surface area is 267 Å². The largest absolute Gasteiger partial charge is 1.00 e. The van der Waals surface area contributed by atoms with E-state index >= 15 is 0 Å². The summed E-state index contributed by atoms with van der Waals surface area (Å²) in [7, 11) is 0. The van der Waals surface area contributed by atoms with Crippen LogP contribution in [0.25, 0.3) is 0 Å². The predicted octanol–water partition coefficient (Wildman–Crippen LogP) is -15.9. The Morgan fingerprint density at radius 1 is 0.500 bits per heavy atom. The first kappa shape index (κ1) is 44.2. The Morgan fingerprint density at radius 2 is 0.545 bits per heavy atom. The van der Waals surface area contributed by atoms with Crippen LogP contribution in [0.15, 0.2) is 0 Å². The Balaban J connectivity index is -0.0000000281. The molecule has 3 N–H and O–H groups in total. The van der Waals surface area contributed by atoms with Crippen LogP contribution in [0.5, 0.6) is 0 Å². The van der Waals surface area contributed by atoms with Crippen molar-refractivity contribution < 1.29 is 214 Å². The quantitative estimate of drug-likeness (QED) is 0.205. The van der Waals surface area contributed by atoms with E-state index in [4.69, 9.17) is 59.4 Å². The first-order chi connectivity index (χ1) is 7.93. The first-order valence-electron chi connectivity index (χ1n) is 3.26. The summed E-state index contributed by atoms with van der Waals surface area (Å²) in [4.78, 5) is 54.1. The van der Waals surface area contributed by atoms with Crippen molar-refractivity contribution in [2.75, 3.05) is 0 Å². The van der Waals surface area contributed by atoms with Gasteiger partial charge < -0.3 is 45.0 Å². The van der Waals surface area contributed by atoms with Crippen molar-refractivity contribution in [1.29, 1.82) is 0 Å². The van der Waals surface area contributed by atoms with Crippen molar-refractivity contribution in [3.05, 3.63) is 0 Å². The van der Waals surface area contributed by atoms with E-state index in [1.807, 2.05) is 0 Å². The minimum Gasteiger partial charge on any atom is -0.539 e. The van der Waals surface area contributed by atoms with Crippen LogP contribution in [-0.2, 0) is 28.8 Å². The van der Waals surface area contributed by atoms with E-state index in [-0.39, 0.29) is 179 Å². The molecule has 0 aromatic rings. The SMILES string of the molecule is O=C([O-])C(=O)O.O=C([O-])C(=O)O.O=C([O-])C(=O)O.[K+].[K+].[K+].[Sb]. The fraction of sp³-hybridized carbons (Fsp3) is 0. The third-order valence-corrected chi connectivity index (χ3v) is 0.524. The van der Waals surface area contributed by atoms with Gasteiger partial charge in [-0.1, -0.05) is 0 Å². The van der Waals surface area contributed by atoms with Gasteiger partial charge in [-0.2, -0.15) is 0 Å². The van der Waals surface area contributed by atoms with Crippen molar-refractivity contribution in [3.63, 3.8) is 0 Å². The van der Waals surface area contributed by atoms with Gasteiger partial charge in [0.1, 0.15) is 0 Å². The maximum Gasteiger partial charge on any atom is 1.00 e. The summed E-state index contributed by atoms with van der Waals surface area (Å²) in [5.74, 6) is -12.0. The van der Waals surface area contributed by atoms with Crippen LogP contribution in [0.1, 0.15) is 0 Å². The average molecular weight is 506 g/mol. The molecule has 22 heavy (non-hydrogen) atoms. The Hall–Kier alpha value is 2.55. The summed E-state index contributed by atoms with van der Waals surface area (Å²) in [6.07, 6.45) is 0. The maximum atomic E-state index is 9.04. The van der Waals surface area contributed by atoms with Gasteiger partial charge in [0.05, 0.1) is 0 Å². The fourth-order valence-electron chi connectivity index (χ4n) is 0. The topological polar surface area (TPSA) is 232 Å². The summed E-state index contributed by atoms with van der Waals surface area (Å²) in [5, 5.41) is 49.0. The molecule has 0 aliphatic carbocycles. The molecule has 0 aliphatic rings. The van der Waals surface area contributed by atoms with Crippen LogP contribution < -0.4 is 169 Å². The normalized spacial score (nSPS) is 6.00. The standard InChI is InChI=1S/3C2H2O4.3K.Sb/c3*3-1(4)2(5)6;;;;/h3*(H,3,4)(H,5,6);;;;/q;;;3*+1;/p-3. The summed E-state index contributed by atoms with van der Waals surface area (Å²) in [6.45, 7) is 0. The number of carbonyl (C=O) groups excluding carboxylic acids is 3. The number of carbonyl (C=O) groups is 6. The first-order valence-corrected chi connectivity index (χ1v) is 3.26. The van der Waals surface area contributed by atoms with E-state index in [0.29, 0.717) is 0 Å². The molecule has 0 saturated carbocycles. The second-order valence-electron chi connectivity index (χ2n) is 1.78. The zero-order chi connectivity index (χ0) is 15.5. The molecular weight excluding hydrogens is 503 g/mol. The summed E-state index contributed by atoms with van der Waals surface area (Å²) in [6, 6.07) is 0. The summed E-state index contributed by atoms with van der Waals surface area (Å²) in [5.41, 5.74) is 0. The Bertz CT molecular complexity index is 290. The van der Waals surface area contributed by atoms with Crippen LogP contribution in [0.2, 0.25) is 0 Å². The second kappa shape index (κ2) is 28.4. The number of carboxylic acids is 6. The zero-order valence-corrected chi connectivity index (χ0v) is 23.4. The van der Waals surface area contributed by atoms with Gasteiger partial charge in [0.15, 0.2) is 17.9 Å². The molecular formula is C6H3K3O12Sb. The van der Waals surface area contributed by atoms with Crippen molar-refractivity contribution >= 4 is 60.2 Å². The molecule has 3 radical (unpaired) electrons. The molecule has 0 atom stereocenters. The minimum atomic E-state index is -2.07. The van der Waals surface area contributed by atoms with Gasteiger partial charge in [0.2, 0.25) is 0 Å². The number of aliphatic carboxylic acids is 6. The molecule has 0 unspecified atom stereocenters. The fourth-order valence-corrected chi connectivity index (χ4v) is 0. The summed E-state index contributed by atoms with van der Waals surface area (Å²) >= 11 is 0. The number of hydrogen-bond acceptors (Lipinski definition) is 9. The van der Waals surface area contributed by atoms with Gasteiger partial charge in [-0.05, 0) is 0 Å². The third-order valence-electron chi connectivity index (χ3n) is 0.524. The van der Waals surface area contributed by atoms with Crippen molar-refractivity contribution in [1.82, 2.24) is 0 Å². The molecule has 0 fully saturated rings. The minimum absolute atomic E-state index is 0. The van der Waals surface area contributed by atoms with Gasteiger partial charge in [-0.3, -0.25) is 0 Å². The molecule has 16 heteroatoms. The molecule has 12 nitrogen and oxygen atoms in total. The van der Waals surface area contributed by atoms with E-state index in [1.165, 1.54) is 0 Å². The van der Waals surface area contributed by atoms with Gasteiger partial charge in [-0.25, -0.2) is 14.4 Å². The second-order valence-corrected chi connectivity index (χ2v) is 1.78. The molecule has 0 aromatic carbocycles. The maximum absolute atomic E-state index is 9.04. The van der Waals surface area contributed by atoms with Crippen LogP contribution in [-0.4, -0.2) is 75.6 Å². The van der Waals surface area contributed by atoms with E-state index in [9.17, 15) is 0 Å². The zero-order valence-electron chi connectivity index (χ0n) is 11.5. The van der Waals surface area contributed by atoms with Crippen LogP contribution in [0, 0.1) is 0 Å². The molecule has 0 spiro atoms. The molecule has 0 rings (SSSR count).